The molecular formula is C43H70N8O7S2. The predicted octanol–water partition coefficient (Wildman–Crippen LogP) is 3.25. The van der Waals surface area contributed by atoms with Crippen molar-refractivity contribution >= 4 is 69.0 Å². The molecule has 2 unspecified atom stereocenters. The first-order chi connectivity index (χ1) is 28.4. The fourth-order valence-electron chi connectivity index (χ4n) is 6.11. The van der Waals surface area contributed by atoms with Crippen LogP contribution < -0.4 is 43.0 Å². The fourth-order valence-corrected chi connectivity index (χ4v) is 8.43. The lowest BCUT2D eigenvalue weighted by atomic mass is 9.92. The minimum atomic E-state index is -1.14. The van der Waals surface area contributed by atoms with Gasteiger partial charge in [0, 0.05) is 17.7 Å². The SMILES string of the molecule is CC[C@H](C)C1NC(=O)[C@H]([C@@H](C)CC)NC(=O)[C@@H](NC(=O)[C@@H](N)C(C)C)CSSCC(C(=O)N/C=C/c2ccccc2)NC(=O)[C@H]([C@@H](C)CC)NC(=O)[C@H]([C@@H](C)CC)NC1=O. The van der Waals surface area contributed by atoms with Gasteiger partial charge in [-0.25, -0.2) is 0 Å². The van der Waals surface area contributed by atoms with E-state index >= 15 is 0 Å². The first-order valence-electron chi connectivity index (χ1n) is 21.2. The summed E-state index contributed by atoms with van der Waals surface area (Å²) in [5, 5.41) is 19.8. The van der Waals surface area contributed by atoms with Crippen molar-refractivity contribution in [3.05, 3.63) is 42.1 Å². The molecule has 11 atom stereocenters. The largest absolute Gasteiger partial charge is 0.342 e. The Bertz CT molecular complexity index is 1620. The van der Waals surface area contributed by atoms with Crippen molar-refractivity contribution in [1.29, 1.82) is 0 Å². The van der Waals surface area contributed by atoms with E-state index < -0.39 is 83.6 Å². The molecule has 0 spiro atoms. The maximum atomic E-state index is 14.2. The molecule has 0 aliphatic carbocycles. The van der Waals surface area contributed by atoms with Crippen LogP contribution in [0.15, 0.2) is 36.5 Å². The van der Waals surface area contributed by atoms with Crippen molar-refractivity contribution < 1.29 is 33.6 Å². The van der Waals surface area contributed by atoms with Crippen LogP contribution >= 0.6 is 21.6 Å². The summed E-state index contributed by atoms with van der Waals surface area (Å²) in [5.74, 6) is -5.71. The van der Waals surface area contributed by atoms with E-state index in [2.05, 4.69) is 37.2 Å². The fraction of sp³-hybridized carbons (Fsp3) is 0.651. The summed E-state index contributed by atoms with van der Waals surface area (Å²) in [4.78, 5) is 97.6. The van der Waals surface area contributed by atoms with E-state index in [1.807, 2.05) is 78.8 Å². The molecule has 17 heteroatoms. The molecule has 1 aromatic rings. The van der Waals surface area contributed by atoms with Crippen LogP contribution in [0.3, 0.4) is 0 Å². The molecule has 7 amide bonds. The molecule has 9 N–H and O–H groups in total. The van der Waals surface area contributed by atoms with Crippen LogP contribution in [0.4, 0.5) is 0 Å². The summed E-state index contributed by atoms with van der Waals surface area (Å²) in [6.07, 6.45) is 5.22. The van der Waals surface area contributed by atoms with Gasteiger partial charge >= 0.3 is 0 Å². The first kappa shape index (κ1) is 52.0. The van der Waals surface area contributed by atoms with Gasteiger partial charge in [0.1, 0.15) is 36.3 Å². The normalized spacial score (nSPS) is 25.6. The van der Waals surface area contributed by atoms with E-state index in [1.54, 1.807) is 26.8 Å². The minimum Gasteiger partial charge on any atom is -0.342 e. The number of rotatable bonds is 14. The van der Waals surface area contributed by atoms with Gasteiger partial charge in [0.2, 0.25) is 41.4 Å². The lowest BCUT2D eigenvalue weighted by Gasteiger charge is -2.33. The van der Waals surface area contributed by atoms with Crippen molar-refractivity contribution in [3.8, 4) is 0 Å². The van der Waals surface area contributed by atoms with Crippen LogP contribution in [0.5, 0.6) is 0 Å². The van der Waals surface area contributed by atoms with Crippen LogP contribution in [0.25, 0.3) is 6.08 Å². The van der Waals surface area contributed by atoms with Gasteiger partial charge in [0.15, 0.2) is 0 Å². The Morgan fingerprint density at radius 3 is 1.47 bits per heavy atom. The van der Waals surface area contributed by atoms with Crippen LogP contribution in [0.2, 0.25) is 0 Å². The number of nitrogens with one attached hydrogen (secondary N) is 7. The number of carbonyl (C=O) groups excluding carboxylic acids is 7. The molecule has 1 heterocycles. The first-order valence-corrected chi connectivity index (χ1v) is 23.7. The van der Waals surface area contributed by atoms with E-state index in [0.717, 1.165) is 5.56 Å². The molecule has 0 radical (unpaired) electrons. The van der Waals surface area contributed by atoms with E-state index in [0.29, 0.717) is 25.7 Å². The molecule has 0 saturated carbocycles. The molecule has 0 aromatic heterocycles. The summed E-state index contributed by atoms with van der Waals surface area (Å²) in [6, 6.07) is 1.88. The second-order valence-electron chi connectivity index (χ2n) is 16.2. The van der Waals surface area contributed by atoms with Crippen molar-refractivity contribution in [3.63, 3.8) is 0 Å². The second kappa shape index (κ2) is 26.3. The predicted molar refractivity (Wildman–Crippen MR) is 241 cm³/mol. The average molecular weight is 875 g/mol. The van der Waals surface area contributed by atoms with Crippen molar-refractivity contribution in [1.82, 2.24) is 37.2 Å². The quantitative estimate of drug-likeness (QED) is 0.127. The van der Waals surface area contributed by atoms with E-state index in [1.165, 1.54) is 27.8 Å². The van der Waals surface area contributed by atoms with E-state index in [9.17, 15) is 33.6 Å². The van der Waals surface area contributed by atoms with E-state index in [4.69, 9.17) is 5.73 Å². The molecule has 1 fully saturated rings. The minimum absolute atomic E-state index is 0.0124. The number of hydrogen-bond donors (Lipinski definition) is 8. The molecule has 60 heavy (non-hydrogen) atoms. The molecule has 1 aromatic carbocycles. The van der Waals surface area contributed by atoms with Crippen LogP contribution in [0, 0.1) is 29.6 Å². The van der Waals surface area contributed by atoms with Gasteiger partial charge < -0.3 is 43.0 Å². The third kappa shape index (κ3) is 16.1. The van der Waals surface area contributed by atoms with Crippen LogP contribution in [-0.4, -0.2) is 95.1 Å². The van der Waals surface area contributed by atoms with Crippen LogP contribution in [-0.2, 0) is 33.6 Å². The van der Waals surface area contributed by atoms with Crippen molar-refractivity contribution in [2.45, 2.75) is 137 Å². The van der Waals surface area contributed by atoms with Gasteiger partial charge in [-0.3, -0.25) is 33.6 Å². The highest BCUT2D eigenvalue weighted by Crippen LogP contribution is 2.24. The molecule has 336 valence electrons. The Balaban J connectivity index is 2.68. The smallest absolute Gasteiger partial charge is 0.247 e. The summed E-state index contributed by atoms with van der Waals surface area (Å²) in [6.45, 7) is 18.3. The van der Waals surface area contributed by atoms with Gasteiger partial charge in [-0.1, -0.05) is 147 Å². The Hall–Kier alpha value is -4.09. The van der Waals surface area contributed by atoms with Crippen molar-refractivity contribution in [2.75, 3.05) is 11.5 Å². The summed E-state index contributed by atoms with van der Waals surface area (Å²) < 4.78 is 0. The summed E-state index contributed by atoms with van der Waals surface area (Å²) in [5.41, 5.74) is 7.01. The second-order valence-corrected chi connectivity index (χ2v) is 18.8. The third-order valence-corrected chi connectivity index (χ3v) is 13.7. The maximum absolute atomic E-state index is 14.2. The highest BCUT2D eigenvalue weighted by molar-refractivity contribution is 8.76. The summed E-state index contributed by atoms with van der Waals surface area (Å²) >= 11 is 0. The zero-order chi connectivity index (χ0) is 45.1. The summed E-state index contributed by atoms with van der Waals surface area (Å²) in [7, 11) is 2.39. The number of carbonyl (C=O) groups is 7. The van der Waals surface area contributed by atoms with Gasteiger partial charge in [-0.2, -0.15) is 0 Å². The molecule has 0 bridgehead atoms. The van der Waals surface area contributed by atoms with Gasteiger partial charge in [-0.15, -0.1) is 0 Å². The Kier molecular flexibility index (Phi) is 22.8. The van der Waals surface area contributed by atoms with Crippen molar-refractivity contribution in [2.24, 2.45) is 35.3 Å². The van der Waals surface area contributed by atoms with Gasteiger partial charge in [0.05, 0.1) is 6.04 Å². The molecule has 1 aliphatic heterocycles. The lowest BCUT2D eigenvalue weighted by Crippen LogP contribution is -2.63. The highest BCUT2D eigenvalue weighted by Gasteiger charge is 2.38. The number of benzene rings is 1. The van der Waals surface area contributed by atoms with E-state index in [-0.39, 0.29) is 41.1 Å². The maximum Gasteiger partial charge on any atom is 0.247 e. The molecule has 1 aliphatic rings. The number of hydrogen-bond acceptors (Lipinski definition) is 10. The topological polar surface area (TPSA) is 230 Å². The Morgan fingerprint density at radius 1 is 0.650 bits per heavy atom. The molecule has 2 rings (SSSR count). The average Bonchev–Trinajstić information content (AvgIpc) is 3.24. The zero-order valence-corrected chi connectivity index (χ0v) is 38.6. The lowest BCUT2D eigenvalue weighted by molar-refractivity contribution is -0.137. The third-order valence-electron chi connectivity index (χ3n) is 11.3. The number of amides is 7. The van der Waals surface area contributed by atoms with Gasteiger partial charge in [-0.05, 0) is 41.2 Å². The Labute approximate surface area is 364 Å². The zero-order valence-electron chi connectivity index (χ0n) is 37.0. The monoisotopic (exact) mass is 874 g/mol. The number of nitrogens with two attached hydrogens (primary N) is 1. The Morgan fingerprint density at radius 2 is 1.05 bits per heavy atom. The molecule has 1 saturated heterocycles. The molecular weight excluding hydrogens is 805 g/mol. The van der Waals surface area contributed by atoms with Crippen LogP contribution in [0.1, 0.15) is 100 Å². The molecule has 15 nitrogen and oxygen atoms in total. The van der Waals surface area contributed by atoms with Gasteiger partial charge in [0.25, 0.3) is 0 Å². The highest BCUT2D eigenvalue weighted by atomic mass is 33.1. The standard InChI is InChI=1S/C43H70N8O7S2/c1-11-25(7)33-40(55)47-30(37(52)45-21-20-29-18-16-15-17-19-29)22-59-60-23-31(46-39(54)32(44)24(5)6)38(53)48-34(26(8)12-2)41(56)50-36(28(10)14-4)43(58)51-35(27(9)13-3)42(57)49-33/h15-21,24-28,30-36H,11-14,22-23,44H2,1-10H3,(H,45,52)(H,46,54)(H,47,55)(H,48,53)(H,49,57)(H,50,56)(H,51,58)/b21-20+/t25-,26-,27-,28-,30?,31-,32-,33-,34-,35-,36?/m0/s1.